The fourth-order valence-electron chi connectivity index (χ4n) is 1.98. The molecule has 0 N–H and O–H groups in total. The molecule has 0 saturated heterocycles. The average Bonchev–Trinajstić information content (AvgIpc) is 2.35. The normalized spacial score (nSPS) is 14.3. The summed E-state index contributed by atoms with van der Waals surface area (Å²) < 4.78 is 6.16. The molecule has 0 aliphatic carbocycles. The Bertz CT molecular complexity index is 256. The van der Waals surface area contributed by atoms with Crippen molar-refractivity contribution in [3.05, 3.63) is 0 Å². The highest BCUT2D eigenvalue weighted by Crippen LogP contribution is 2.36. The van der Waals surface area contributed by atoms with Gasteiger partial charge in [0.2, 0.25) is 0 Å². The molecular weight excluding hydrogens is 264 g/mol. The van der Waals surface area contributed by atoms with Crippen LogP contribution in [0.5, 0.6) is 0 Å². The maximum absolute atomic E-state index is 11.0. The van der Waals surface area contributed by atoms with E-state index in [4.69, 9.17) is 4.43 Å². The molecule has 0 aliphatic rings. The quantitative estimate of drug-likeness (QED) is 0.283. The van der Waals surface area contributed by atoms with Crippen LogP contribution in [0.3, 0.4) is 0 Å². The maximum Gasteiger partial charge on any atom is 0.191 e. The molecule has 20 heavy (non-hydrogen) atoms. The summed E-state index contributed by atoms with van der Waals surface area (Å²) in [6.45, 7) is 14.5. The van der Waals surface area contributed by atoms with Gasteiger partial charge in [0.15, 0.2) is 8.32 Å². The highest BCUT2D eigenvalue weighted by atomic mass is 28.4. The molecule has 0 heterocycles. The molecule has 1 atom stereocenters. The second-order valence-electron chi connectivity index (χ2n) is 7.50. The lowest BCUT2D eigenvalue weighted by Crippen LogP contribution is -2.40. The first-order chi connectivity index (χ1) is 9.24. The van der Waals surface area contributed by atoms with Crippen LogP contribution < -0.4 is 0 Å². The van der Waals surface area contributed by atoms with E-state index in [-0.39, 0.29) is 5.92 Å². The summed E-state index contributed by atoms with van der Waals surface area (Å²) >= 11 is 0. The molecule has 0 saturated carbocycles. The van der Waals surface area contributed by atoms with Crippen molar-refractivity contribution >= 4 is 14.6 Å². The number of hydrogen-bond acceptors (Lipinski definition) is 2. The van der Waals surface area contributed by atoms with Crippen molar-refractivity contribution in [2.45, 2.75) is 90.8 Å². The monoisotopic (exact) mass is 300 g/mol. The molecule has 0 aromatic heterocycles. The average molecular weight is 301 g/mol. The Kier molecular flexibility index (Phi) is 9.65. The molecule has 0 amide bonds. The second-order valence-corrected chi connectivity index (χ2v) is 12.3. The van der Waals surface area contributed by atoms with Crippen LogP contribution in [0, 0.1) is 5.92 Å². The minimum Gasteiger partial charge on any atom is -0.417 e. The van der Waals surface area contributed by atoms with Gasteiger partial charge in [-0.2, -0.15) is 0 Å². The van der Waals surface area contributed by atoms with E-state index in [0.717, 1.165) is 38.6 Å². The van der Waals surface area contributed by atoms with Crippen molar-refractivity contribution in [1.82, 2.24) is 0 Å². The molecule has 0 bridgehead atoms. The lowest BCUT2D eigenvalue weighted by molar-refractivity contribution is -0.111. The standard InChI is InChI=1S/C17H36O2Si/c1-7-8-12-16(15-18)13-10-9-11-14-19-20(5,6)17(2,3)4/h15-16H,7-14H2,1-6H3. The third-order valence-electron chi connectivity index (χ3n) is 4.61. The number of carbonyl (C=O) groups excluding carboxylic acids is 1. The second kappa shape index (κ2) is 9.72. The van der Waals surface area contributed by atoms with Crippen LogP contribution in [0.4, 0.5) is 0 Å². The highest BCUT2D eigenvalue weighted by molar-refractivity contribution is 6.74. The summed E-state index contributed by atoms with van der Waals surface area (Å²) in [5.74, 6) is 0.288. The van der Waals surface area contributed by atoms with Crippen molar-refractivity contribution in [2.24, 2.45) is 5.92 Å². The lowest BCUT2D eigenvalue weighted by Gasteiger charge is -2.36. The predicted octanol–water partition coefficient (Wildman–Crippen LogP) is 5.57. The van der Waals surface area contributed by atoms with E-state index in [9.17, 15) is 4.79 Å². The first kappa shape index (κ1) is 19.8. The zero-order valence-electron chi connectivity index (χ0n) is 14.6. The molecular formula is C17H36O2Si. The molecule has 2 nitrogen and oxygen atoms in total. The Balaban J connectivity index is 3.69. The van der Waals surface area contributed by atoms with Crippen LogP contribution in [0.15, 0.2) is 0 Å². The van der Waals surface area contributed by atoms with Crippen molar-refractivity contribution in [1.29, 1.82) is 0 Å². The van der Waals surface area contributed by atoms with E-state index in [0.29, 0.717) is 5.04 Å². The Labute approximate surface area is 127 Å². The molecule has 0 rings (SSSR count). The van der Waals surface area contributed by atoms with Gasteiger partial charge < -0.3 is 9.22 Å². The van der Waals surface area contributed by atoms with Crippen LogP contribution in [0.2, 0.25) is 18.1 Å². The fraction of sp³-hybridized carbons (Fsp3) is 0.941. The van der Waals surface area contributed by atoms with E-state index in [2.05, 4.69) is 40.8 Å². The van der Waals surface area contributed by atoms with Gasteiger partial charge in [-0.25, -0.2) is 0 Å². The molecule has 3 heteroatoms. The van der Waals surface area contributed by atoms with Gasteiger partial charge in [0, 0.05) is 12.5 Å². The topological polar surface area (TPSA) is 26.3 Å². The van der Waals surface area contributed by atoms with Crippen molar-refractivity contribution in [3.8, 4) is 0 Å². The van der Waals surface area contributed by atoms with Crippen LogP contribution in [0.25, 0.3) is 0 Å². The molecule has 120 valence electrons. The van der Waals surface area contributed by atoms with Crippen molar-refractivity contribution in [2.75, 3.05) is 6.61 Å². The largest absolute Gasteiger partial charge is 0.417 e. The third kappa shape index (κ3) is 8.20. The van der Waals surface area contributed by atoms with Gasteiger partial charge in [0.25, 0.3) is 0 Å². The summed E-state index contributed by atoms with van der Waals surface area (Å²) in [6, 6.07) is 0. The van der Waals surface area contributed by atoms with Gasteiger partial charge in [0.1, 0.15) is 6.29 Å². The molecule has 0 spiro atoms. The molecule has 0 radical (unpaired) electrons. The van der Waals surface area contributed by atoms with Gasteiger partial charge in [-0.1, -0.05) is 53.4 Å². The van der Waals surface area contributed by atoms with Gasteiger partial charge in [-0.15, -0.1) is 0 Å². The lowest BCUT2D eigenvalue weighted by atomic mass is 9.97. The number of unbranched alkanes of at least 4 members (excludes halogenated alkanes) is 3. The summed E-state index contributed by atoms with van der Waals surface area (Å²) in [5.41, 5.74) is 0. The zero-order chi connectivity index (χ0) is 15.6. The fourth-order valence-corrected chi connectivity index (χ4v) is 3.06. The number of hydrogen-bond donors (Lipinski definition) is 0. The summed E-state index contributed by atoms with van der Waals surface area (Å²) in [7, 11) is -1.57. The molecule has 0 fully saturated rings. The van der Waals surface area contributed by atoms with Gasteiger partial charge in [0.05, 0.1) is 0 Å². The minimum absolute atomic E-state index is 0.288. The van der Waals surface area contributed by atoms with E-state index in [1.807, 2.05) is 0 Å². The molecule has 1 unspecified atom stereocenters. The first-order valence-electron chi connectivity index (χ1n) is 8.34. The molecule has 0 aromatic carbocycles. The van der Waals surface area contributed by atoms with E-state index < -0.39 is 8.32 Å². The maximum atomic E-state index is 11.0. The SMILES string of the molecule is CCCCC(C=O)CCCCCO[Si](C)(C)C(C)(C)C. The third-order valence-corrected chi connectivity index (χ3v) is 9.15. The Morgan fingerprint density at radius 2 is 1.65 bits per heavy atom. The zero-order valence-corrected chi connectivity index (χ0v) is 15.6. The number of aldehydes is 1. The number of carbonyl (C=O) groups is 1. The van der Waals surface area contributed by atoms with E-state index >= 15 is 0 Å². The van der Waals surface area contributed by atoms with Crippen LogP contribution in [-0.4, -0.2) is 21.2 Å². The highest BCUT2D eigenvalue weighted by Gasteiger charge is 2.36. The summed E-state index contributed by atoms with van der Waals surface area (Å²) in [4.78, 5) is 11.0. The van der Waals surface area contributed by atoms with Crippen LogP contribution in [-0.2, 0) is 9.22 Å². The summed E-state index contributed by atoms with van der Waals surface area (Å²) in [5, 5.41) is 0.301. The van der Waals surface area contributed by atoms with E-state index in [1.54, 1.807) is 0 Å². The van der Waals surface area contributed by atoms with Gasteiger partial charge in [-0.05, 0) is 37.4 Å². The van der Waals surface area contributed by atoms with Gasteiger partial charge >= 0.3 is 0 Å². The van der Waals surface area contributed by atoms with Crippen LogP contribution >= 0.6 is 0 Å². The van der Waals surface area contributed by atoms with Crippen LogP contribution in [0.1, 0.15) is 72.6 Å². The van der Waals surface area contributed by atoms with E-state index in [1.165, 1.54) is 19.3 Å². The predicted molar refractivity (Wildman–Crippen MR) is 90.7 cm³/mol. The molecule has 0 aliphatic heterocycles. The van der Waals surface area contributed by atoms with Crippen molar-refractivity contribution < 1.29 is 9.22 Å². The first-order valence-corrected chi connectivity index (χ1v) is 11.2. The smallest absolute Gasteiger partial charge is 0.191 e. The Hall–Kier alpha value is -0.153. The number of rotatable bonds is 11. The molecule has 0 aromatic rings. The van der Waals surface area contributed by atoms with Gasteiger partial charge in [-0.3, -0.25) is 0 Å². The van der Waals surface area contributed by atoms with Crippen molar-refractivity contribution in [3.63, 3.8) is 0 Å². The Morgan fingerprint density at radius 3 is 2.15 bits per heavy atom. The Morgan fingerprint density at radius 1 is 1.05 bits per heavy atom. The minimum atomic E-state index is -1.57. The summed E-state index contributed by atoms with van der Waals surface area (Å²) in [6.07, 6.45) is 9.12.